The predicted molar refractivity (Wildman–Crippen MR) is 75.2 cm³/mol. The molecule has 106 valence electrons. The van der Waals surface area contributed by atoms with Gasteiger partial charge in [0.05, 0.1) is 4.88 Å². The van der Waals surface area contributed by atoms with Gasteiger partial charge in [-0.1, -0.05) is 29.4 Å². The standard InChI is InChI=1S/C14H10FN3O2S/c15-10-5-2-1-4-9(10)8-16-13(19)14-17-12(18-20-14)11-6-3-7-21-11/h1-7H,8H2,(H,16,19). The zero-order valence-corrected chi connectivity index (χ0v) is 11.6. The molecule has 0 aliphatic rings. The Hall–Kier alpha value is -2.54. The van der Waals surface area contributed by atoms with Gasteiger partial charge in [-0.25, -0.2) is 4.39 Å². The lowest BCUT2D eigenvalue weighted by atomic mass is 10.2. The first-order chi connectivity index (χ1) is 10.2. The van der Waals surface area contributed by atoms with E-state index in [0.717, 1.165) is 4.88 Å². The number of thiophene rings is 1. The van der Waals surface area contributed by atoms with Gasteiger partial charge in [0, 0.05) is 12.1 Å². The van der Waals surface area contributed by atoms with E-state index in [1.807, 2.05) is 17.5 Å². The number of carbonyl (C=O) groups excluding carboxylic acids is 1. The van der Waals surface area contributed by atoms with Crippen molar-refractivity contribution in [3.8, 4) is 10.7 Å². The van der Waals surface area contributed by atoms with Gasteiger partial charge in [-0.3, -0.25) is 4.79 Å². The van der Waals surface area contributed by atoms with Crippen LogP contribution in [0.2, 0.25) is 0 Å². The summed E-state index contributed by atoms with van der Waals surface area (Å²) in [5.41, 5.74) is 0.392. The summed E-state index contributed by atoms with van der Waals surface area (Å²) in [6.07, 6.45) is 0. The molecular weight excluding hydrogens is 293 g/mol. The fraction of sp³-hybridized carbons (Fsp3) is 0.0714. The average Bonchev–Trinajstić information content (AvgIpc) is 3.16. The Morgan fingerprint density at radius 3 is 2.90 bits per heavy atom. The highest BCUT2D eigenvalue weighted by Gasteiger charge is 2.16. The number of benzene rings is 1. The summed E-state index contributed by atoms with van der Waals surface area (Å²) in [5, 5.41) is 8.16. The number of nitrogens with one attached hydrogen (secondary N) is 1. The molecule has 21 heavy (non-hydrogen) atoms. The van der Waals surface area contributed by atoms with Crippen molar-refractivity contribution in [1.29, 1.82) is 0 Å². The van der Waals surface area contributed by atoms with Crippen molar-refractivity contribution in [1.82, 2.24) is 15.5 Å². The van der Waals surface area contributed by atoms with Gasteiger partial charge in [-0.2, -0.15) is 4.98 Å². The van der Waals surface area contributed by atoms with Crippen molar-refractivity contribution in [2.24, 2.45) is 0 Å². The van der Waals surface area contributed by atoms with Crippen LogP contribution in [0.4, 0.5) is 4.39 Å². The second kappa shape index (κ2) is 5.84. The van der Waals surface area contributed by atoms with Crippen molar-refractivity contribution in [2.45, 2.75) is 6.54 Å². The number of hydrogen-bond donors (Lipinski definition) is 1. The number of hydrogen-bond acceptors (Lipinski definition) is 5. The maximum Gasteiger partial charge on any atom is 0.316 e. The van der Waals surface area contributed by atoms with Gasteiger partial charge in [0.1, 0.15) is 5.82 Å². The molecule has 0 atom stereocenters. The van der Waals surface area contributed by atoms with Crippen molar-refractivity contribution in [3.63, 3.8) is 0 Å². The lowest BCUT2D eigenvalue weighted by Gasteiger charge is -2.03. The van der Waals surface area contributed by atoms with E-state index in [-0.39, 0.29) is 18.3 Å². The number of aromatic nitrogens is 2. The van der Waals surface area contributed by atoms with Crippen LogP contribution in [0.3, 0.4) is 0 Å². The summed E-state index contributed by atoms with van der Waals surface area (Å²) in [4.78, 5) is 16.7. The van der Waals surface area contributed by atoms with E-state index in [9.17, 15) is 9.18 Å². The third kappa shape index (κ3) is 2.97. The molecule has 2 aromatic heterocycles. The summed E-state index contributed by atoms with van der Waals surface area (Å²) in [6, 6.07) is 9.91. The van der Waals surface area contributed by atoms with Crippen molar-refractivity contribution in [2.75, 3.05) is 0 Å². The van der Waals surface area contributed by atoms with Crippen LogP contribution in [0.25, 0.3) is 10.7 Å². The third-order valence-electron chi connectivity index (χ3n) is 2.76. The van der Waals surface area contributed by atoms with Crippen LogP contribution < -0.4 is 5.32 Å². The molecule has 2 heterocycles. The Labute approximate surface area is 123 Å². The van der Waals surface area contributed by atoms with E-state index in [0.29, 0.717) is 11.4 Å². The minimum absolute atomic E-state index is 0.0578. The Balaban J connectivity index is 1.68. The molecular formula is C14H10FN3O2S. The van der Waals surface area contributed by atoms with Gasteiger partial charge in [0.15, 0.2) is 0 Å². The van der Waals surface area contributed by atoms with Crippen LogP contribution in [0.15, 0.2) is 46.3 Å². The van der Waals surface area contributed by atoms with Gasteiger partial charge in [0.25, 0.3) is 0 Å². The largest absolute Gasteiger partial charge is 0.344 e. The number of nitrogens with zero attached hydrogens (tertiary/aromatic N) is 2. The smallest absolute Gasteiger partial charge is 0.316 e. The van der Waals surface area contributed by atoms with Crippen LogP contribution in [0.1, 0.15) is 16.2 Å². The van der Waals surface area contributed by atoms with Gasteiger partial charge in [-0.05, 0) is 17.5 Å². The van der Waals surface area contributed by atoms with E-state index in [2.05, 4.69) is 15.5 Å². The maximum absolute atomic E-state index is 13.4. The van der Waals surface area contributed by atoms with E-state index in [4.69, 9.17) is 4.52 Å². The van der Waals surface area contributed by atoms with E-state index < -0.39 is 5.91 Å². The molecule has 0 unspecified atom stereocenters. The number of halogens is 1. The molecule has 3 rings (SSSR count). The lowest BCUT2D eigenvalue weighted by molar-refractivity contribution is 0.0906. The van der Waals surface area contributed by atoms with Crippen LogP contribution in [-0.4, -0.2) is 16.0 Å². The first-order valence-electron chi connectivity index (χ1n) is 6.13. The minimum atomic E-state index is -0.534. The molecule has 1 amide bonds. The highest BCUT2D eigenvalue weighted by atomic mass is 32.1. The first kappa shape index (κ1) is 13.4. The second-order valence-corrected chi connectivity index (χ2v) is 5.12. The molecule has 0 aliphatic heterocycles. The zero-order valence-electron chi connectivity index (χ0n) is 10.7. The van der Waals surface area contributed by atoms with E-state index in [1.165, 1.54) is 17.4 Å². The highest BCUT2D eigenvalue weighted by Crippen LogP contribution is 2.21. The van der Waals surface area contributed by atoms with Crippen LogP contribution in [0.5, 0.6) is 0 Å². The summed E-state index contributed by atoms with van der Waals surface area (Å²) >= 11 is 1.45. The first-order valence-corrected chi connectivity index (χ1v) is 7.01. The van der Waals surface area contributed by atoms with Crippen molar-refractivity contribution in [3.05, 3.63) is 59.0 Å². The number of amides is 1. The number of rotatable bonds is 4. The Bertz CT molecular complexity index is 755. The average molecular weight is 303 g/mol. The number of carbonyl (C=O) groups is 1. The third-order valence-corrected chi connectivity index (χ3v) is 3.62. The Morgan fingerprint density at radius 1 is 1.29 bits per heavy atom. The monoisotopic (exact) mass is 303 g/mol. The van der Waals surface area contributed by atoms with Gasteiger partial charge < -0.3 is 9.84 Å². The molecule has 0 spiro atoms. The van der Waals surface area contributed by atoms with Crippen LogP contribution in [-0.2, 0) is 6.54 Å². The highest BCUT2D eigenvalue weighted by molar-refractivity contribution is 7.13. The van der Waals surface area contributed by atoms with Crippen molar-refractivity contribution >= 4 is 17.2 Å². The molecule has 0 saturated carbocycles. The van der Waals surface area contributed by atoms with Gasteiger partial charge in [-0.15, -0.1) is 11.3 Å². The summed E-state index contributed by atoms with van der Waals surface area (Å²) in [7, 11) is 0. The summed E-state index contributed by atoms with van der Waals surface area (Å²) < 4.78 is 18.3. The molecule has 0 radical (unpaired) electrons. The SMILES string of the molecule is O=C(NCc1ccccc1F)c1nc(-c2cccs2)no1. The minimum Gasteiger partial charge on any atom is -0.344 e. The van der Waals surface area contributed by atoms with Crippen molar-refractivity contribution < 1.29 is 13.7 Å². The second-order valence-electron chi connectivity index (χ2n) is 4.17. The van der Waals surface area contributed by atoms with E-state index in [1.54, 1.807) is 18.2 Å². The molecule has 0 saturated heterocycles. The molecule has 7 heteroatoms. The lowest BCUT2D eigenvalue weighted by Crippen LogP contribution is -2.23. The summed E-state index contributed by atoms with van der Waals surface area (Å²) in [6.45, 7) is 0.0578. The Morgan fingerprint density at radius 2 is 2.14 bits per heavy atom. The summed E-state index contributed by atoms with van der Waals surface area (Å²) in [5.74, 6) is -0.688. The van der Waals surface area contributed by atoms with Gasteiger partial charge >= 0.3 is 11.8 Å². The van der Waals surface area contributed by atoms with E-state index >= 15 is 0 Å². The zero-order chi connectivity index (χ0) is 14.7. The fourth-order valence-electron chi connectivity index (χ4n) is 1.71. The molecule has 0 bridgehead atoms. The topological polar surface area (TPSA) is 68.0 Å². The molecule has 5 nitrogen and oxygen atoms in total. The van der Waals surface area contributed by atoms with Crippen LogP contribution in [0, 0.1) is 5.82 Å². The molecule has 0 aliphatic carbocycles. The molecule has 0 fully saturated rings. The maximum atomic E-state index is 13.4. The fourth-order valence-corrected chi connectivity index (χ4v) is 2.36. The Kier molecular flexibility index (Phi) is 3.74. The predicted octanol–water partition coefficient (Wildman–Crippen LogP) is 2.87. The molecule has 1 N–H and O–H groups in total. The normalized spacial score (nSPS) is 10.5. The molecule has 1 aromatic carbocycles. The quantitative estimate of drug-likeness (QED) is 0.804. The molecule has 3 aromatic rings. The van der Waals surface area contributed by atoms with Crippen LogP contribution >= 0.6 is 11.3 Å². The van der Waals surface area contributed by atoms with Gasteiger partial charge in [0.2, 0.25) is 5.82 Å².